The average molecular weight is 313 g/mol. The summed E-state index contributed by atoms with van der Waals surface area (Å²) in [5, 5.41) is 3.05. The van der Waals surface area contributed by atoms with Gasteiger partial charge in [0.05, 0.1) is 6.10 Å². The van der Waals surface area contributed by atoms with Gasteiger partial charge in [-0.25, -0.2) is 18.1 Å². The van der Waals surface area contributed by atoms with Crippen LogP contribution in [0.4, 0.5) is 5.82 Å². The van der Waals surface area contributed by atoms with Gasteiger partial charge in [0, 0.05) is 25.4 Å². The van der Waals surface area contributed by atoms with E-state index < -0.39 is 10.0 Å². The summed E-state index contributed by atoms with van der Waals surface area (Å²) in [5.41, 5.74) is 0. The Bertz CT molecular complexity index is 556. The molecule has 2 rings (SSSR count). The number of pyridine rings is 1. The molecule has 0 aromatic carbocycles. The van der Waals surface area contributed by atoms with Gasteiger partial charge in [-0.1, -0.05) is 6.92 Å². The maximum Gasteiger partial charge on any atom is 0.244 e. The van der Waals surface area contributed by atoms with Gasteiger partial charge in [0.1, 0.15) is 10.7 Å². The zero-order chi connectivity index (χ0) is 15.3. The predicted octanol–water partition coefficient (Wildman–Crippen LogP) is 1.75. The van der Waals surface area contributed by atoms with E-state index in [2.05, 4.69) is 15.0 Å². The number of sulfonamides is 1. The lowest BCUT2D eigenvalue weighted by molar-refractivity contribution is 0.0902. The number of nitrogens with zero attached hydrogens (tertiary/aromatic N) is 1. The number of nitrogens with one attached hydrogen (secondary N) is 2. The van der Waals surface area contributed by atoms with Crippen molar-refractivity contribution in [3.05, 3.63) is 18.3 Å². The fourth-order valence-corrected chi connectivity index (χ4v) is 3.77. The molecule has 2 heterocycles. The van der Waals surface area contributed by atoms with Gasteiger partial charge in [0.15, 0.2) is 0 Å². The van der Waals surface area contributed by atoms with E-state index in [-0.39, 0.29) is 17.0 Å². The van der Waals surface area contributed by atoms with Crippen LogP contribution in [0.25, 0.3) is 0 Å². The molecule has 21 heavy (non-hydrogen) atoms. The summed E-state index contributed by atoms with van der Waals surface area (Å²) in [6, 6.07) is 2.94. The normalized spacial score (nSPS) is 20.4. The molecule has 0 spiro atoms. The minimum atomic E-state index is -3.61. The Balaban J connectivity index is 2.14. The Kier molecular flexibility index (Phi) is 5.55. The zero-order valence-electron chi connectivity index (χ0n) is 12.5. The number of ether oxygens (including phenoxy) is 1. The standard InChI is InChI=1S/C14H23N3O3S/c1-3-8-15-14-13(7-4-9-16-14)21(18,19)17-11(2)12-6-5-10-20-12/h4,7,9,11-12,17H,3,5-6,8,10H2,1-2H3,(H,15,16). The fourth-order valence-electron chi connectivity index (χ4n) is 2.36. The maximum atomic E-state index is 12.5. The second-order valence-electron chi connectivity index (χ2n) is 5.24. The lowest BCUT2D eigenvalue weighted by atomic mass is 10.1. The van der Waals surface area contributed by atoms with Crippen molar-refractivity contribution in [2.45, 2.75) is 50.2 Å². The molecule has 1 saturated heterocycles. The van der Waals surface area contributed by atoms with Gasteiger partial charge in [0.25, 0.3) is 0 Å². The van der Waals surface area contributed by atoms with E-state index in [0.29, 0.717) is 19.0 Å². The molecule has 2 N–H and O–H groups in total. The topological polar surface area (TPSA) is 80.3 Å². The van der Waals surface area contributed by atoms with E-state index in [9.17, 15) is 8.42 Å². The third-order valence-electron chi connectivity index (χ3n) is 3.47. The first-order valence-electron chi connectivity index (χ1n) is 7.37. The van der Waals surface area contributed by atoms with Crippen molar-refractivity contribution < 1.29 is 13.2 Å². The van der Waals surface area contributed by atoms with Gasteiger partial charge in [-0.2, -0.15) is 0 Å². The lowest BCUT2D eigenvalue weighted by Crippen LogP contribution is -2.41. The molecule has 2 atom stereocenters. The van der Waals surface area contributed by atoms with Crippen LogP contribution in [0, 0.1) is 0 Å². The maximum absolute atomic E-state index is 12.5. The molecular weight excluding hydrogens is 290 g/mol. The molecule has 0 aliphatic carbocycles. The summed E-state index contributed by atoms with van der Waals surface area (Å²) < 4.78 is 33.3. The summed E-state index contributed by atoms with van der Waals surface area (Å²) in [7, 11) is -3.61. The van der Waals surface area contributed by atoms with Crippen LogP contribution in [0.1, 0.15) is 33.1 Å². The van der Waals surface area contributed by atoms with E-state index in [1.165, 1.54) is 0 Å². The predicted molar refractivity (Wildman–Crippen MR) is 81.8 cm³/mol. The van der Waals surface area contributed by atoms with Crippen molar-refractivity contribution in [3.8, 4) is 0 Å². The van der Waals surface area contributed by atoms with Crippen LogP contribution in [0.5, 0.6) is 0 Å². The number of anilines is 1. The molecule has 2 unspecified atom stereocenters. The number of hydrogen-bond acceptors (Lipinski definition) is 5. The number of hydrogen-bond donors (Lipinski definition) is 2. The van der Waals surface area contributed by atoms with Gasteiger partial charge >= 0.3 is 0 Å². The molecule has 7 heteroatoms. The van der Waals surface area contributed by atoms with Crippen molar-refractivity contribution >= 4 is 15.8 Å². The first-order chi connectivity index (χ1) is 10.0. The highest BCUT2D eigenvalue weighted by Gasteiger charge is 2.28. The molecule has 1 aliphatic rings. The van der Waals surface area contributed by atoms with Crippen LogP contribution >= 0.6 is 0 Å². The smallest absolute Gasteiger partial charge is 0.244 e. The van der Waals surface area contributed by atoms with Crippen molar-refractivity contribution in [3.63, 3.8) is 0 Å². The molecular formula is C14H23N3O3S. The van der Waals surface area contributed by atoms with E-state index in [1.807, 2.05) is 13.8 Å². The van der Waals surface area contributed by atoms with Crippen LogP contribution in [0.2, 0.25) is 0 Å². The molecule has 0 bridgehead atoms. The third-order valence-corrected chi connectivity index (χ3v) is 5.06. The largest absolute Gasteiger partial charge is 0.377 e. The highest BCUT2D eigenvalue weighted by molar-refractivity contribution is 7.89. The first kappa shape index (κ1) is 16.2. The van der Waals surface area contributed by atoms with Gasteiger partial charge in [-0.3, -0.25) is 0 Å². The summed E-state index contributed by atoms with van der Waals surface area (Å²) in [5.74, 6) is 0.395. The van der Waals surface area contributed by atoms with Crippen molar-refractivity contribution in [1.82, 2.24) is 9.71 Å². The Labute approximate surface area is 126 Å². The highest BCUT2D eigenvalue weighted by atomic mass is 32.2. The van der Waals surface area contributed by atoms with Gasteiger partial charge < -0.3 is 10.1 Å². The summed E-state index contributed by atoms with van der Waals surface area (Å²) in [6.07, 6.45) is 4.30. The first-order valence-corrected chi connectivity index (χ1v) is 8.85. The van der Waals surface area contributed by atoms with Crippen molar-refractivity contribution in [1.29, 1.82) is 0 Å². The summed E-state index contributed by atoms with van der Waals surface area (Å²) in [4.78, 5) is 4.31. The molecule has 1 aromatic heterocycles. The van der Waals surface area contributed by atoms with Crippen molar-refractivity contribution in [2.24, 2.45) is 0 Å². The molecule has 1 aromatic rings. The SMILES string of the molecule is CCCNc1ncccc1S(=O)(=O)NC(C)C1CCCO1. The summed E-state index contributed by atoms with van der Waals surface area (Å²) in [6.45, 7) is 5.23. The summed E-state index contributed by atoms with van der Waals surface area (Å²) >= 11 is 0. The third kappa shape index (κ3) is 4.15. The molecule has 0 amide bonds. The Morgan fingerprint density at radius 3 is 3.00 bits per heavy atom. The van der Waals surface area contributed by atoms with E-state index in [1.54, 1.807) is 18.3 Å². The van der Waals surface area contributed by atoms with Gasteiger partial charge in [-0.15, -0.1) is 0 Å². The Morgan fingerprint density at radius 2 is 2.33 bits per heavy atom. The van der Waals surface area contributed by atoms with E-state index in [0.717, 1.165) is 19.3 Å². The molecule has 0 radical (unpaired) electrons. The quantitative estimate of drug-likeness (QED) is 0.801. The molecule has 118 valence electrons. The minimum absolute atomic E-state index is 0.0523. The second-order valence-corrected chi connectivity index (χ2v) is 6.92. The number of rotatable bonds is 7. The van der Waals surface area contributed by atoms with Crippen LogP contribution in [-0.2, 0) is 14.8 Å². The van der Waals surface area contributed by atoms with Gasteiger partial charge in [0.2, 0.25) is 10.0 Å². The molecule has 0 saturated carbocycles. The molecule has 1 fully saturated rings. The molecule has 6 nitrogen and oxygen atoms in total. The fraction of sp³-hybridized carbons (Fsp3) is 0.643. The monoisotopic (exact) mass is 313 g/mol. The second kappa shape index (κ2) is 7.20. The zero-order valence-corrected chi connectivity index (χ0v) is 13.3. The van der Waals surface area contributed by atoms with Gasteiger partial charge in [-0.05, 0) is 38.3 Å². The molecule has 1 aliphatic heterocycles. The van der Waals surface area contributed by atoms with Crippen LogP contribution in [-0.4, -0.2) is 38.7 Å². The lowest BCUT2D eigenvalue weighted by Gasteiger charge is -2.20. The minimum Gasteiger partial charge on any atom is -0.377 e. The van der Waals surface area contributed by atoms with Crippen LogP contribution in [0.15, 0.2) is 23.2 Å². The van der Waals surface area contributed by atoms with E-state index >= 15 is 0 Å². The highest BCUT2D eigenvalue weighted by Crippen LogP contribution is 2.21. The van der Waals surface area contributed by atoms with Crippen LogP contribution in [0.3, 0.4) is 0 Å². The average Bonchev–Trinajstić information content (AvgIpc) is 2.99. The Hall–Kier alpha value is -1.18. The van der Waals surface area contributed by atoms with E-state index in [4.69, 9.17) is 4.74 Å². The number of aromatic nitrogens is 1. The van der Waals surface area contributed by atoms with Crippen LogP contribution < -0.4 is 10.0 Å². The van der Waals surface area contributed by atoms with Crippen molar-refractivity contribution in [2.75, 3.05) is 18.5 Å². The Morgan fingerprint density at radius 1 is 1.52 bits per heavy atom.